The minimum Gasteiger partial charge on any atom is -0.491 e. The Bertz CT molecular complexity index is 446. The van der Waals surface area contributed by atoms with Gasteiger partial charge in [-0.1, -0.05) is 36.4 Å². The van der Waals surface area contributed by atoms with Crippen LogP contribution in [0.2, 0.25) is 0 Å². The fourth-order valence-electron chi connectivity index (χ4n) is 1.68. The van der Waals surface area contributed by atoms with E-state index in [1.165, 1.54) is 5.39 Å². The first kappa shape index (κ1) is 11.0. The molecule has 0 aliphatic heterocycles. The second kappa shape index (κ2) is 5.52. The molecule has 0 radical (unpaired) electrons. The summed E-state index contributed by atoms with van der Waals surface area (Å²) in [5, 5.41) is 2.36. The number of rotatable bonds is 5. The summed E-state index contributed by atoms with van der Waals surface area (Å²) in [6, 6.07) is 14.3. The van der Waals surface area contributed by atoms with Crippen molar-refractivity contribution in [1.82, 2.24) is 0 Å². The van der Waals surface area contributed by atoms with Gasteiger partial charge in [0.25, 0.3) is 0 Å². The Balaban J connectivity index is 2.11. The molecule has 0 spiro atoms. The van der Waals surface area contributed by atoms with Crippen LogP contribution < -0.4 is 4.74 Å². The highest BCUT2D eigenvalue weighted by Crippen LogP contribution is 2.24. The zero-order chi connectivity index (χ0) is 11.2. The Labute approximate surface area is 95.8 Å². The van der Waals surface area contributed by atoms with Crippen molar-refractivity contribution in [1.29, 1.82) is 0 Å². The molecule has 0 amide bonds. The highest BCUT2D eigenvalue weighted by atomic mass is 16.5. The van der Waals surface area contributed by atoms with Gasteiger partial charge in [-0.2, -0.15) is 0 Å². The fraction of sp³-hybridized carbons (Fsp3) is 0.286. The maximum Gasteiger partial charge on any atom is 0.127 e. The summed E-state index contributed by atoms with van der Waals surface area (Å²) in [5.74, 6) is 0.929. The molecule has 0 saturated heterocycles. The van der Waals surface area contributed by atoms with Crippen LogP contribution in [-0.4, -0.2) is 19.8 Å². The normalized spacial score (nSPS) is 10.6. The molecule has 0 aromatic heterocycles. The third kappa shape index (κ3) is 2.52. The van der Waals surface area contributed by atoms with Crippen LogP contribution in [0.4, 0.5) is 0 Å². The van der Waals surface area contributed by atoms with E-state index in [0.717, 1.165) is 17.7 Å². The molecular formula is C14H16O2. The van der Waals surface area contributed by atoms with Gasteiger partial charge in [-0.05, 0) is 18.4 Å². The molecule has 2 nitrogen and oxygen atoms in total. The van der Waals surface area contributed by atoms with Gasteiger partial charge < -0.3 is 9.47 Å². The molecule has 0 saturated carbocycles. The van der Waals surface area contributed by atoms with Gasteiger partial charge in [0.2, 0.25) is 0 Å². The number of ether oxygens (including phenoxy) is 2. The number of benzene rings is 2. The van der Waals surface area contributed by atoms with Crippen LogP contribution >= 0.6 is 0 Å². The topological polar surface area (TPSA) is 18.5 Å². The van der Waals surface area contributed by atoms with Crippen molar-refractivity contribution < 1.29 is 9.47 Å². The Morgan fingerprint density at radius 1 is 0.938 bits per heavy atom. The Hall–Kier alpha value is -1.54. The molecule has 84 valence electrons. The van der Waals surface area contributed by atoms with Gasteiger partial charge in [0.05, 0.1) is 6.61 Å². The van der Waals surface area contributed by atoms with Crippen molar-refractivity contribution in [2.24, 2.45) is 0 Å². The highest BCUT2D eigenvalue weighted by Gasteiger charge is 2.00. The predicted octanol–water partition coefficient (Wildman–Crippen LogP) is 3.26. The van der Waals surface area contributed by atoms with E-state index in [-0.39, 0.29) is 0 Å². The van der Waals surface area contributed by atoms with E-state index in [1.54, 1.807) is 0 Å². The van der Waals surface area contributed by atoms with E-state index >= 15 is 0 Å². The summed E-state index contributed by atoms with van der Waals surface area (Å²) < 4.78 is 10.9. The third-order valence-corrected chi connectivity index (χ3v) is 2.44. The van der Waals surface area contributed by atoms with Gasteiger partial charge in [0.1, 0.15) is 12.4 Å². The molecule has 0 bridgehead atoms. The summed E-state index contributed by atoms with van der Waals surface area (Å²) in [4.78, 5) is 0. The van der Waals surface area contributed by atoms with Crippen molar-refractivity contribution in [3.8, 4) is 5.75 Å². The van der Waals surface area contributed by atoms with Crippen LogP contribution in [0.25, 0.3) is 10.8 Å². The lowest BCUT2D eigenvalue weighted by Crippen LogP contribution is -2.06. The molecule has 0 heterocycles. The van der Waals surface area contributed by atoms with Crippen molar-refractivity contribution in [2.45, 2.75) is 6.92 Å². The van der Waals surface area contributed by atoms with Crippen LogP contribution in [0, 0.1) is 0 Å². The van der Waals surface area contributed by atoms with Crippen LogP contribution in [0.5, 0.6) is 5.75 Å². The van der Waals surface area contributed by atoms with E-state index in [4.69, 9.17) is 9.47 Å². The van der Waals surface area contributed by atoms with Crippen LogP contribution in [0.15, 0.2) is 42.5 Å². The lowest BCUT2D eigenvalue weighted by molar-refractivity contribution is 0.111. The summed E-state index contributed by atoms with van der Waals surface area (Å²) >= 11 is 0. The maximum absolute atomic E-state index is 5.70. The van der Waals surface area contributed by atoms with E-state index in [2.05, 4.69) is 18.2 Å². The van der Waals surface area contributed by atoms with Crippen LogP contribution in [0.1, 0.15) is 6.92 Å². The van der Waals surface area contributed by atoms with Crippen LogP contribution in [-0.2, 0) is 4.74 Å². The third-order valence-electron chi connectivity index (χ3n) is 2.44. The van der Waals surface area contributed by atoms with E-state index in [0.29, 0.717) is 13.2 Å². The summed E-state index contributed by atoms with van der Waals surface area (Å²) in [6.07, 6.45) is 0. The van der Waals surface area contributed by atoms with E-state index in [9.17, 15) is 0 Å². The van der Waals surface area contributed by atoms with Gasteiger partial charge in [-0.25, -0.2) is 0 Å². The SMILES string of the molecule is CCOCCOc1cccc2ccccc12. The molecule has 0 N–H and O–H groups in total. The molecule has 0 aliphatic rings. The number of hydrogen-bond donors (Lipinski definition) is 0. The molecule has 2 aromatic rings. The van der Waals surface area contributed by atoms with Gasteiger partial charge in [0, 0.05) is 12.0 Å². The minimum absolute atomic E-state index is 0.599. The summed E-state index contributed by atoms with van der Waals surface area (Å²) in [7, 11) is 0. The largest absolute Gasteiger partial charge is 0.491 e. The average Bonchev–Trinajstić information content (AvgIpc) is 2.35. The van der Waals surface area contributed by atoms with Gasteiger partial charge in [-0.15, -0.1) is 0 Å². The second-order valence-electron chi connectivity index (χ2n) is 3.52. The van der Waals surface area contributed by atoms with Crippen LogP contribution in [0.3, 0.4) is 0 Å². The quantitative estimate of drug-likeness (QED) is 0.714. The molecule has 16 heavy (non-hydrogen) atoms. The first-order valence-corrected chi connectivity index (χ1v) is 5.60. The van der Waals surface area contributed by atoms with E-state index in [1.807, 2.05) is 31.2 Å². The first-order valence-electron chi connectivity index (χ1n) is 5.60. The first-order chi connectivity index (χ1) is 7.92. The van der Waals surface area contributed by atoms with Gasteiger partial charge >= 0.3 is 0 Å². The zero-order valence-corrected chi connectivity index (χ0v) is 9.48. The fourth-order valence-corrected chi connectivity index (χ4v) is 1.68. The summed E-state index contributed by atoms with van der Waals surface area (Å²) in [6.45, 7) is 3.96. The minimum atomic E-state index is 0.599. The molecule has 0 atom stereocenters. The summed E-state index contributed by atoms with van der Waals surface area (Å²) in [5.41, 5.74) is 0. The molecular weight excluding hydrogens is 200 g/mol. The Morgan fingerprint density at radius 3 is 2.62 bits per heavy atom. The average molecular weight is 216 g/mol. The van der Waals surface area contributed by atoms with Crippen molar-refractivity contribution in [3.63, 3.8) is 0 Å². The Morgan fingerprint density at radius 2 is 1.75 bits per heavy atom. The number of hydrogen-bond acceptors (Lipinski definition) is 2. The molecule has 0 aliphatic carbocycles. The van der Waals surface area contributed by atoms with Crippen molar-refractivity contribution in [3.05, 3.63) is 42.5 Å². The maximum atomic E-state index is 5.70. The second-order valence-corrected chi connectivity index (χ2v) is 3.52. The zero-order valence-electron chi connectivity index (χ0n) is 9.48. The van der Waals surface area contributed by atoms with Crippen molar-refractivity contribution in [2.75, 3.05) is 19.8 Å². The van der Waals surface area contributed by atoms with Gasteiger partial charge in [0.15, 0.2) is 0 Å². The predicted molar refractivity (Wildman–Crippen MR) is 65.9 cm³/mol. The lowest BCUT2D eigenvalue weighted by Gasteiger charge is -2.08. The van der Waals surface area contributed by atoms with Crippen molar-refractivity contribution >= 4 is 10.8 Å². The monoisotopic (exact) mass is 216 g/mol. The standard InChI is InChI=1S/C14H16O2/c1-2-15-10-11-16-14-9-5-7-12-6-3-4-8-13(12)14/h3-9H,2,10-11H2,1H3. The smallest absolute Gasteiger partial charge is 0.127 e. The van der Waals surface area contributed by atoms with Gasteiger partial charge in [-0.3, -0.25) is 0 Å². The molecule has 0 unspecified atom stereocenters. The molecule has 2 rings (SSSR count). The lowest BCUT2D eigenvalue weighted by atomic mass is 10.1. The molecule has 2 heteroatoms. The van der Waals surface area contributed by atoms with E-state index < -0.39 is 0 Å². The molecule has 0 fully saturated rings. The highest BCUT2D eigenvalue weighted by molar-refractivity contribution is 5.88. The molecule has 2 aromatic carbocycles. The number of fused-ring (bicyclic) bond motifs is 1. The Kier molecular flexibility index (Phi) is 3.78.